The van der Waals surface area contributed by atoms with Crippen LogP contribution < -0.4 is 4.90 Å². The lowest BCUT2D eigenvalue weighted by molar-refractivity contribution is 0.808. The largest absolute Gasteiger partial charge is 0.279 e. The highest BCUT2D eigenvalue weighted by Crippen LogP contribution is 2.62. The molecular weight excluding hydrogens is 506 g/mol. The lowest BCUT2D eigenvalue weighted by Crippen LogP contribution is -2.16. The van der Waals surface area contributed by atoms with Crippen LogP contribution in [0.5, 0.6) is 0 Å². The molecule has 4 heteroatoms. The van der Waals surface area contributed by atoms with Crippen molar-refractivity contribution in [1.82, 2.24) is 9.97 Å². The zero-order valence-corrected chi connectivity index (χ0v) is 22.5. The molecule has 0 saturated carbocycles. The molecule has 6 aromatic rings. The Morgan fingerprint density at radius 3 is 1.65 bits per heavy atom. The third kappa shape index (κ3) is 3.75. The normalized spacial score (nSPS) is 16.9. The Hall–Kier alpha value is -4.67. The Morgan fingerprint density at radius 1 is 0.500 bits per heavy atom. The second kappa shape index (κ2) is 9.51. The first-order valence-corrected chi connectivity index (χ1v) is 14.5. The maximum absolute atomic E-state index is 5.24. The Kier molecular flexibility index (Phi) is 5.52. The molecule has 2 aliphatic heterocycles. The number of rotatable bonds is 3. The number of anilines is 3. The second-order valence-electron chi connectivity index (χ2n) is 10.2. The molecule has 0 radical (unpaired) electrons. The topological polar surface area (TPSA) is 29.0 Å². The van der Waals surface area contributed by atoms with Crippen LogP contribution in [0.15, 0.2) is 144 Å². The Balaban J connectivity index is 1.41. The maximum Gasteiger partial charge on any atom is 0.235 e. The first-order chi connectivity index (χ1) is 19.8. The van der Waals surface area contributed by atoms with Gasteiger partial charge in [0.15, 0.2) is 0 Å². The minimum absolute atomic E-state index is 0.245. The van der Waals surface area contributed by atoms with Crippen LogP contribution in [-0.2, 0) is 0 Å². The van der Waals surface area contributed by atoms with Crippen molar-refractivity contribution < 1.29 is 0 Å². The van der Waals surface area contributed by atoms with E-state index in [2.05, 4.69) is 132 Å². The van der Waals surface area contributed by atoms with Crippen LogP contribution in [0.3, 0.4) is 0 Å². The summed E-state index contributed by atoms with van der Waals surface area (Å²) in [7, 11) is 0. The third-order valence-electron chi connectivity index (χ3n) is 7.86. The van der Waals surface area contributed by atoms with Gasteiger partial charge in [-0.25, -0.2) is 9.97 Å². The fourth-order valence-electron chi connectivity index (χ4n) is 6.07. The molecule has 0 spiro atoms. The van der Waals surface area contributed by atoms with E-state index < -0.39 is 0 Å². The summed E-state index contributed by atoms with van der Waals surface area (Å²) in [6.45, 7) is 0. The highest BCUT2D eigenvalue weighted by Gasteiger charge is 2.42. The average Bonchev–Trinajstić information content (AvgIpc) is 3.36. The summed E-state index contributed by atoms with van der Waals surface area (Å²) in [5.41, 5.74) is 10.2. The van der Waals surface area contributed by atoms with Gasteiger partial charge in [-0.1, -0.05) is 115 Å². The molecule has 0 fully saturated rings. The smallest absolute Gasteiger partial charge is 0.235 e. The van der Waals surface area contributed by atoms with Crippen molar-refractivity contribution in [1.29, 1.82) is 0 Å². The van der Waals surface area contributed by atoms with Crippen LogP contribution in [0.1, 0.15) is 27.9 Å². The van der Waals surface area contributed by atoms with Gasteiger partial charge in [0, 0.05) is 27.2 Å². The molecule has 0 N–H and O–H groups in total. The van der Waals surface area contributed by atoms with Crippen LogP contribution in [0, 0.1) is 0 Å². The minimum Gasteiger partial charge on any atom is -0.279 e. The molecule has 3 heterocycles. The van der Waals surface area contributed by atoms with E-state index in [-0.39, 0.29) is 11.2 Å². The Labute approximate surface area is 238 Å². The first-order valence-electron chi connectivity index (χ1n) is 13.6. The maximum atomic E-state index is 5.24. The van der Waals surface area contributed by atoms with Crippen molar-refractivity contribution in [3.63, 3.8) is 0 Å². The molecule has 3 nitrogen and oxygen atoms in total. The van der Waals surface area contributed by atoms with Crippen LogP contribution in [0.4, 0.5) is 17.3 Å². The molecule has 2 aliphatic rings. The third-order valence-corrected chi connectivity index (χ3v) is 9.27. The summed E-state index contributed by atoms with van der Waals surface area (Å²) in [6.07, 6.45) is 0. The van der Waals surface area contributed by atoms with E-state index >= 15 is 0 Å². The van der Waals surface area contributed by atoms with E-state index in [1.807, 2.05) is 23.9 Å². The van der Waals surface area contributed by atoms with Crippen LogP contribution in [-0.4, -0.2) is 9.97 Å². The van der Waals surface area contributed by atoms with Gasteiger partial charge in [-0.2, -0.15) is 0 Å². The summed E-state index contributed by atoms with van der Waals surface area (Å²) >= 11 is 1.97. The SMILES string of the molecule is c1ccc(-c2cc(-c3ccccc3)nc(N3c4ccccc4C4Sc5ccccc5[C@@H]4c4ccccc43)n2)cc1. The average molecular weight is 532 g/mol. The lowest BCUT2D eigenvalue weighted by Gasteiger charge is -2.26. The molecule has 5 aromatic carbocycles. The van der Waals surface area contributed by atoms with E-state index in [0.717, 1.165) is 33.9 Å². The van der Waals surface area contributed by atoms with Gasteiger partial charge in [0.05, 0.1) is 22.8 Å². The highest BCUT2D eigenvalue weighted by molar-refractivity contribution is 8.00. The molecule has 0 amide bonds. The standard InChI is InChI=1S/C36H25N3S/c1-3-13-24(14-4-1)29-23-30(25-15-5-2-6-16-25)38-36(37-29)39-31-20-10-7-17-26(31)34-28-19-9-12-22-33(28)40-35(34)27-18-8-11-21-32(27)39/h1-23,34-35H/t34-,35?/m0/s1. The van der Waals surface area contributed by atoms with Crippen LogP contribution >= 0.6 is 11.8 Å². The molecule has 0 aliphatic carbocycles. The van der Waals surface area contributed by atoms with Crippen molar-refractivity contribution in [3.05, 3.63) is 156 Å². The van der Waals surface area contributed by atoms with Gasteiger partial charge < -0.3 is 0 Å². The molecule has 8 rings (SSSR count). The van der Waals surface area contributed by atoms with Gasteiger partial charge in [0.25, 0.3) is 0 Å². The van der Waals surface area contributed by atoms with Crippen LogP contribution in [0.2, 0.25) is 0 Å². The van der Waals surface area contributed by atoms with Crippen molar-refractivity contribution >= 4 is 29.1 Å². The number of para-hydroxylation sites is 2. The molecule has 1 aromatic heterocycles. The first kappa shape index (κ1) is 23.2. The Bertz CT molecular complexity index is 1790. The quantitative estimate of drug-likeness (QED) is 0.227. The van der Waals surface area contributed by atoms with E-state index in [0.29, 0.717) is 5.95 Å². The number of benzene rings is 5. The lowest BCUT2D eigenvalue weighted by atomic mass is 9.86. The number of nitrogens with zero attached hydrogens (tertiary/aromatic N) is 3. The van der Waals surface area contributed by atoms with E-state index in [1.165, 1.54) is 21.6 Å². The van der Waals surface area contributed by atoms with Gasteiger partial charge in [-0.05, 0) is 41.0 Å². The zero-order valence-electron chi connectivity index (χ0n) is 21.7. The van der Waals surface area contributed by atoms with Gasteiger partial charge in [-0.3, -0.25) is 4.90 Å². The number of thioether (sulfide) groups is 1. The van der Waals surface area contributed by atoms with Crippen LogP contribution in [0.25, 0.3) is 22.5 Å². The number of fused-ring (bicyclic) bond motifs is 7. The van der Waals surface area contributed by atoms with Gasteiger partial charge in [-0.15, -0.1) is 11.8 Å². The summed E-state index contributed by atoms with van der Waals surface area (Å²) < 4.78 is 0. The predicted molar refractivity (Wildman–Crippen MR) is 164 cm³/mol. The Morgan fingerprint density at radius 2 is 1.00 bits per heavy atom. The van der Waals surface area contributed by atoms with Gasteiger partial charge in [0.1, 0.15) is 0 Å². The summed E-state index contributed by atoms with van der Waals surface area (Å²) in [4.78, 5) is 14.1. The van der Waals surface area contributed by atoms with Gasteiger partial charge in [0.2, 0.25) is 5.95 Å². The van der Waals surface area contributed by atoms with Crippen molar-refractivity contribution in [2.75, 3.05) is 4.90 Å². The van der Waals surface area contributed by atoms with E-state index in [9.17, 15) is 0 Å². The molecule has 2 atom stereocenters. The highest BCUT2D eigenvalue weighted by atomic mass is 32.2. The molecule has 0 saturated heterocycles. The monoisotopic (exact) mass is 531 g/mol. The summed E-state index contributed by atoms with van der Waals surface area (Å²) in [5.74, 6) is 0.924. The molecule has 40 heavy (non-hydrogen) atoms. The second-order valence-corrected chi connectivity index (χ2v) is 11.4. The van der Waals surface area contributed by atoms with Crippen molar-refractivity contribution in [2.45, 2.75) is 16.1 Å². The fraction of sp³-hybridized carbons (Fsp3) is 0.0556. The predicted octanol–water partition coefficient (Wildman–Crippen LogP) is 9.57. The van der Waals surface area contributed by atoms with Crippen molar-refractivity contribution in [2.24, 2.45) is 0 Å². The van der Waals surface area contributed by atoms with E-state index in [1.54, 1.807) is 0 Å². The molecule has 1 unspecified atom stereocenters. The zero-order chi connectivity index (χ0) is 26.5. The minimum atomic E-state index is 0.245. The summed E-state index contributed by atoms with van der Waals surface area (Å²) in [5, 5.41) is 0.269. The number of hydrogen-bond acceptors (Lipinski definition) is 4. The fourth-order valence-corrected chi connectivity index (χ4v) is 7.58. The molecular formula is C36H25N3S. The molecule has 0 bridgehead atoms. The number of aromatic nitrogens is 2. The van der Waals surface area contributed by atoms with E-state index in [4.69, 9.17) is 9.97 Å². The molecule has 190 valence electrons. The van der Waals surface area contributed by atoms with Crippen molar-refractivity contribution in [3.8, 4) is 22.5 Å². The van der Waals surface area contributed by atoms with Gasteiger partial charge >= 0.3 is 0 Å². The summed E-state index contributed by atoms with van der Waals surface area (Å²) in [6, 6.07) is 49.3. The number of hydrogen-bond donors (Lipinski definition) is 0.